The van der Waals surface area contributed by atoms with Gasteiger partial charge in [0.25, 0.3) is 0 Å². The summed E-state index contributed by atoms with van der Waals surface area (Å²) in [6, 6.07) is 4.74. The lowest BCUT2D eigenvalue weighted by Gasteiger charge is -2.30. The third kappa shape index (κ3) is 4.40. The van der Waals surface area contributed by atoms with Gasteiger partial charge in [0.2, 0.25) is 10.0 Å². The highest BCUT2D eigenvalue weighted by molar-refractivity contribution is 7.89. The lowest BCUT2D eigenvalue weighted by atomic mass is 9.99. The average molecular weight is 354 g/mol. The lowest BCUT2D eigenvalue weighted by molar-refractivity contribution is 0.171. The maximum atomic E-state index is 12.4. The Morgan fingerprint density at radius 2 is 1.88 bits per heavy atom. The van der Waals surface area contributed by atoms with E-state index in [1.807, 2.05) is 0 Å². The molecule has 0 amide bonds. The highest BCUT2D eigenvalue weighted by Crippen LogP contribution is 2.32. The van der Waals surface area contributed by atoms with Crippen molar-refractivity contribution in [2.24, 2.45) is 5.92 Å². The summed E-state index contributed by atoms with van der Waals surface area (Å²) in [6.45, 7) is 6.86. The minimum atomic E-state index is -3.51. The number of piperidine rings is 1. The summed E-state index contributed by atoms with van der Waals surface area (Å²) in [6.07, 6.45) is 3.30. The summed E-state index contributed by atoms with van der Waals surface area (Å²) >= 11 is 0. The summed E-state index contributed by atoms with van der Waals surface area (Å²) in [5, 5.41) is 0. The minimum Gasteiger partial charge on any atom is -0.486 e. The Labute approximate surface area is 144 Å². The molecule has 1 aromatic carbocycles. The van der Waals surface area contributed by atoms with Gasteiger partial charge in [-0.1, -0.05) is 6.92 Å². The van der Waals surface area contributed by atoms with Crippen LogP contribution in [0.15, 0.2) is 23.1 Å². The van der Waals surface area contributed by atoms with E-state index in [9.17, 15) is 8.42 Å². The van der Waals surface area contributed by atoms with Gasteiger partial charge in [0.1, 0.15) is 13.2 Å². The Hall–Kier alpha value is -1.31. The van der Waals surface area contributed by atoms with E-state index in [2.05, 4.69) is 16.5 Å². The van der Waals surface area contributed by atoms with Crippen LogP contribution in [-0.2, 0) is 10.0 Å². The molecule has 0 saturated carbocycles. The van der Waals surface area contributed by atoms with Crippen LogP contribution in [0.25, 0.3) is 0 Å². The topological polar surface area (TPSA) is 67.9 Å². The number of hydrogen-bond acceptors (Lipinski definition) is 5. The van der Waals surface area contributed by atoms with Gasteiger partial charge in [-0.3, -0.25) is 0 Å². The molecule has 2 aliphatic heterocycles. The third-order valence-electron chi connectivity index (χ3n) is 4.64. The van der Waals surface area contributed by atoms with E-state index in [-0.39, 0.29) is 4.90 Å². The van der Waals surface area contributed by atoms with Crippen molar-refractivity contribution in [3.8, 4) is 11.5 Å². The first kappa shape index (κ1) is 17.5. The Balaban J connectivity index is 1.49. The molecule has 24 heavy (non-hydrogen) atoms. The predicted octanol–water partition coefficient (Wildman–Crippen LogP) is 1.86. The lowest BCUT2D eigenvalue weighted by Crippen LogP contribution is -2.35. The van der Waals surface area contributed by atoms with Crippen LogP contribution in [0.2, 0.25) is 0 Å². The van der Waals surface area contributed by atoms with Crippen LogP contribution in [0.4, 0.5) is 0 Å². The minimum absolute atomic E-state index is 0.221. The van der Waals surface area contributed by atoms with Crippen molar-refractivity contribution in [1.82, 2.24) is 9.62 Å². The molecule has 0 aromatic heterocycles. The summed E-state index contributed by atoms with van der Waals surface area (Å²) in [5.41, 5.74) is 0. The SMILES string of the molecule is CC1CCN(CCCNS(=O)(=O)c2ccc3c(c2)OCCO3)CC1. The summed E-state index contributed by atoms with van der Waals surface area (Å²) in [4.78, 5) is 2.64. The molecule has 7 heteroatoms. The number of ether oxygens (including phenoxy) is 2. The monoisotopic (exact) mass is 354 g/mol. The molecule has 1 N–H and O–H groups in total. The van der Waals surface area contributed by atoms with Gasteiger partial charge in [0.05, 0.1) is 4.90 Å². The summed E-state index contributed by atoms with van der Waals surface area (Å²) in [7, 11) is -3.51. The Morgan fingerprint density at radius 3 is 2.62 bits per heavy atom. The van der Waals surface area contributed by atoms with Crippen LogP contribution >= 0.6 is 0 Å². The second-order valence-electron chi connectivity index (χ2n) is 6.58. The molecule has 6 nitrogen and oxygen atoms in total. The van der Waals surface area contributed by atoms with Gasteiger partial charge in [-0.05, 0) is 56.9 Å². The largest absolute Gasteiger partial charge is 0.486 e. The zero-order valence-electron chi connectivity index (χ0n) is 14.2. The fourth-order valence-electron chi connectivity index (χ4n) is 3.07. The van der Waals surface area contributed by atoms with Crippen LogP contribution < -0.4 is 14.2 Å². The molecule has 0 spiro atoms. The van der Waals surface area contributed by atoms with Gasteiger partial charge >= 0.3 is 0 Å². The molecule has 0 unspecified atom stereocenters. The first-order valence-corrected chi connectivity index (χ1v) is 10.1. The van der Waals surface area contributed by atoms with Crippen molar-refractivity contribution >= 4 is 10.0 Å². The smallest absolute Gasteiger partial charge is 0.240 e. The quantitative estimate of drug-likeness (QED) is 0.790. The van der Waals surface area contributed by atoms with Gasteiger partial charge in [-0.15, -0.1) is 0 Å². The predicted molar refractivity (Wildman–Crippen MR) is 92.1 cm³/mol. The highest BCUT2D eigenvalue weighted by atomic mass is 32.2. The average Bonchev–Trinajstić information content (AvgIpc) is 2.60. The number of nitrogens with one attached hydrogen (secondary N) is 1. The molecule has 0 bridgehead atoms. The highest BCUT2D eigenvalue weighted by Gasteiger charge is 2.19. The summed E-state index contributed by atoms with van der Waals surface area (Å²) < 4.78 is 38.3. The van der Waals surface area contributed by atoms with Crippen LogP contribution in [-0.4, -0.2) is 52.7 Å². The van der Waals surface area contributed by atoms with Crippen molar-refractivity contribution in [1.29, 1.82) is 0 Å². The second-order valence-corrected chi connectivity index (χ2v) is 8.35. The fourth-order valence-corrected chi connectivity index (χ4v) is 4.16. The first-order chi connectivity index (χ1) is 11.5. The maximum Gasteiger partial charge on any atom is 0.240 e. The van der Waals surface area contributed by atoms with E-state index in [0.29, 0.717) is 31.3 Å². The number of rotatable bonds is 6. The second kappa shape index (κ2) is 7.72. The van der Waals surface area contributed by atoms with Crippen molar-refractivity contribution in [2.45, 2.75) is 31.1 Å². The van der Waals surface area contributed by atoms with Crippen LogP contribution in [0.1, 0.15) is 26.2 Å². The van der Waals surface area contributed by atoms with E-state index >= 15 is 0 Å². The van der Waals surface area contributed by atoms with Crippen LogP contribution in [0.3, 0.4) is 0 Å². The molecule has 1 fully saturated rings. The van der Waals surface area contributed by atoms with E-state index in [0.717, 1.165) is 32.0 Å². The van der Waals surface area contributed by atoms with Crippen molar-refractivity contribution in [3.05, 3.63) is 18.2 Å². The fraction of sp³-hybridized carbons (Fsp3) is 0.647. The van der Waals surface area contributed by atoms with Gasteiger partial charge in [-0.2, -0.15) is 0 Å². The number of likely N-dealkylation sites (tertiary alicyclic amines) is 1. The number of benzene rings is 1. The molecule has 2 aliphatic rings. The molecule has 0 aliphatic carbocycles. The van der Waals surface area contributed by atoms with Crippen LogP contribution in [0.5, 0.6) is 11.5 Å². The van der Waals surface area contributed by atoms with Gasteiger partial charge in [0, 0.05) is 12.6 Å². The van der Waals surface area contributed by atoms with E-state index in [1.54, 1.807) is 12.1 Å². The first-order valence-electron chi connectivity index (χ1n) is 8.66. The Bertz CT molecular complexity index is 655. The molecule has 0 atom stereocenters. The standard InChI is InChI=1S/C17H26N2O4S/c1-14-5-9-19(10-6-14)8-2-7-18-24(20,21)15-3-4-16-17(13-15)23-12-11-22-16/h3-4,13-14,18H,2,5-12H2,1H3. The number of nitrogens with zero attached hydrogens (tertiary/aromatic N) is 1. The number of sulfonamides is 1. The van der Waals surface area contributed by atoms with Gasteiger partial charge < -0.3 is 14.4 Å². The number of hydrogen-bond donors (Lipinski definition) is 1. The normalized spacial score (nSPS) is 19.4. The molecular formula is C17H26N2O4S. The molecule has 0 radical (unpaired) electrons. The zero-order chi connectivity index (χ0) is 17.0. The molecule has 134 valence electrons. The van der Waals surface area contributed by atoms with Crippen molar-refractivity contribution in [2.75, 3.05) is 39.4 Å². The third-order valence-corrected chi connectivity index (χ3v) is 6.10. The van der Waals surface area contributed by atoms with Crippen molar-refractivity contribution < 1.29 is 17.9 Å². The molecule has 3 rings (SSSR count). The van der Waals surface area contributed by atoms with E-state index in [1.165, 1.54) is 18.9 Å². The molecule has 1 saturated heterocycles. The van der Waals surface area contributed by atoms with E-state index < -0.39 is 10.0 Å². The maximum absolute atomic E-state index is 12.4. The van der Waals surface area contributed by atoms with Crippen LogP contribution in [0, 0.1) is 5.92 Å². The molecule has 1 aromatic rings. The Kier molecular flexibility index (Phi) is 5.63. The van der Waals surface area contributed by atoms with Gasteiger partial charge in [0.15, 0.2) is 11.5 Å². The van der Waals surface area contributed by atoms with Crippen molar-refractivity contribution in [3.63, 3.8) is 0 Å². The molecular weight excluding hydrogens is 328 g/mol. The summed E-state index contributed by atoms with van der Waals surface area (Å²) in [5.74, 6) is 1.90. The van der Waals surface area contributed by atoms with Gasteiger partial charge in [-0.25, -0.2) is 13.1 Å². The zero-order valence-corrected chi connectivity index (χ0v) is 15.0. The molecule has 2 heterocycles. The van der Waals surface area contributed by atoms with E-state index in [4.69, 9.17) is 9.47 Å². The number of fused-ring (bicyclic) bond motifs is 1. The Morgan fingerprint density at radius 1 is 1.17 bits per heavy atom.